The fourth-order valence-corrected chi connectivity index (χ4v) is 3.52. The van der Waals surface area contributed by atoms with Crippen LogP contribution in [0, 0.1) is 0 Å². The fourth-order valence-electron chi connectivity index (χ4n) is 2.83. The molecule has 28 heavy (non-hydrogen) atoms. The lowest BCUT2D eigenvalue weighted by molar-refractivity contribution is 0.598. The molecule has 0 amide bonds. The van der Waals surface area contributed by atoms with Crippen molar-refractivity contribution in [2.45, 2.75) is 4.90 Å². The van der Waals surface area contributed by atoms with Gasteiger partial charge in [-0.1, -0.05) is 41.9 Å². The van der Waals surface area contributed by atoms with Crippen molar-refractivity contribution >= 4 is 44.2 Å². The number of primary sulfonamides is 1. The summed E-state index contributed by atoms with van der Waals surface area (Å²) in [6.45, 7) is 0. The molecule has 0 radical (unpaired) electrons. The van der Waals surface area contributed by atoms with Gasteiger partial charge in [0.05, 0.1) is 16.1 Å². The molecule has 0 aliphatic heterocycles. The first-order chi connectivity index (χ1) is 13.4. The number of anilines is 2. The maximum atomic E-state index is 11.4. The summed E-state index contributed by atoms with van der Waals surface area (Å²) in [6.07, 6.45) is 0. The summed E-state index contributed by atoms with van der Waals surface area (Å²) in [4.78, 5) is 9.24. The molecule has 0 spiro atoms. The minimum atomic E-state index is -3.74. The second kappa shape index (κ2) is 7.20. The number of fused-ring (bicyclic) bond motifs is 1. The van der Waals surface area contributed by atoms with Crippen LogP contribution in [0.3, 0.4) is 0 Å². The number of nitrogens with zero attached hydrogens (tertiary/aromatic N) is 2. The number of aromatic nitrogens is 2. The molecule has 0 aliphatic carbocycles. The highest BCUT2D eigenvalue weighted by Crippen LogP contribution is 2.30. The van der Waals surface area contributed by atoms with Crippen molar-refractivity contribution in [2.75, 3.05) is 5.32 Å². The van der Waals surface area contributed by atoms with Crippen LogP contribution in [0.25, 0.3) is 22.2 Å². The van der Waals surface area contributed by atoms with E-state index in [1.807, 2.05) is 42.5 Å². The monoisotopic (exact) mass is 410 g/mol. The average molecular weight is 411 g/mol. The largest absolute Gasteiger partial charge is 0.324 e. The Balaban J connectivity index is 1.79. The highest BCUT2D eigenvalue weighted by atomic mass is 35.5. The summed E-state index contributed by atoms with van der Waals surface area (Å²) in [7, 11) is -3.74. The Labute approximate surface area is 167 Å². The van der Waals surface area contributed by atoms with Crippen molar-refractivity contribution in [2.24, 2.45) is 5.14 Å². The Morgan fingerprint density at radius 3 is 2.29 bits per heavy atom. The minimum absolute atomic E-state index is 0.0390. The smallest absolute Gasteiger partial charge is 0.238 e. The molecule has 140 valence electrons. The van der Waals surface area contributed by atoms with Crippen LogP contribution in [-0.2, 0) is 10.0 Å². The zero-order valence-electron chi connectivity index (χ0n) is 14.5. The quantitative estimate of drug-likeness (QED) is 0.521. The molecule has 3 aromatic carbocycles. The maximum absolute atomic E-state index is 11.4. The molecule has 1 heterocycles. The van der Waals surface area contributed by atoms with Gasteiger partial charge in [0, 0.05) is 21.7 Å². The van der Waals surface area contributed by atoms with Crippen molar-refractivity contribution in [3.05, 3.63) is 77.8 Å². The molecule has 0 fully saturated rings. The van der Waals surface area contributed by atoms with E-state index in [1.54, 1.807) is 18.2 Å². The first kappa shape index (κ1) is 18.4. The minimum Gasteiger partial charge on any atom is -0.324 e. The lowest BCUT2D eigenvalue weighted by atomic mass is 10.1. The van der Waals surface area contributed by atoms with Crippen molar-refractivity contribution < 1.29 is 8.42 Å². The summed E-state index contributed by atoms with van der Waals surface area (Å²) in [6, 6.07) is 21.3. The van der Waals surface area contributed by atoms with E-state index < -0.39 is 10.0 Å². The Morgan fingerprint density at radius 2 is 1.61 bits per heavy atom. The predicted octanol–water partition coefficient (Wildman–Crippen LogP) is 4.34. The van der Waals surface area contributed by atoms with Gasteiger partial charge in [-0.15, -0.1) is 0 Å². The molecular weight excluding hydrogens is 396 g/mol. The molecule has 8 heteroatoms. The van der Waals surface area contributed by atoms with Gasteiger partial charge in [-0.05, 0) is 42.5 Å². The van der Waals surface area contributed by atoms with E-state index in [1.165, 1.54) is 12.1 Å². The van der Waals surface area contributed by atoms with Gasteiger partial charge in [0.25, 0.3) is 0 Å². The van der Waals surface area contributed by atoms with Gasteiger partial charge >= 0.3 is 0 Å². The van der Waals surface area contributed by atoms with E-state index >= 15 is 0 Å². The zero-order valence-corrected chi connectivity index (χ0v) is 16.1. The topological polar surface area (TPSA) is 98.0 Å². The summed E-state index contributed by atoms with van der Waals surface area (Å²) >= 11 is 6.17. The van der Waals surface area contributed by atoms with E-state index in [9.17, 15) is 8.42 Å². The number of sulfonamides is 1. The van der Waals surface area contributed by atoms with E-state index in [-0.39, 0.29) is 4.90 Å². The van der Waals surface area contributed by atoms with E-state index in [4.69, 9.17) is 16.7 Å². The standard InChI is InChI=1S/C20H15ClN4O2S/c21-14-6-11-18-17(12-14)19(13-4-2-1-3-5-13)25-20(24-18)23-15-7-9-16(10-8-15)28(22,26)27/h1-12H,(H2,22,26,27)(H,23,24,25). The summed E-state index contributed by atoms with van der Waals surface area (Å²) in [5.74, 6) is 0.386. The fraction of sp³-hybridized carbons (Fsp3) is 0. The molecular formula is C20H15ClN4O2S. The number of rotatable bonds is 4. The van der Waals surface area contributed by atoms with Crippen molar-refractivity contribution in [1.29, 1.82) is 0 Å². The van der Waals surface area contributed by atoms with E-state index in [0.29, 0.717) is 16.7 Å². The molecule has 0 unspecified atom stereocenters. The highest BCUT2D eigenvalue weighted by molar-refractivity contribution is 7.89. The first-order valence-corrected chi connectivity index (χ1v) is 10.3. The normalized spacial score (nSPS) is 11.5. The number of nitrogens with two attached hydrogens (primary N) is 1. The number of hydrogen-bond donors (Lipinski definition) is 2. The SMILES string of the molecule is NS(=O)(=O)c1ccc(Nc2nc(-c3ccccc3)c3cc(Cl)ccc3n2)cc1. The molecule has 1 aromatic heterocycles. The van der Waals surface area contributed by atoms with Crippen LogP contribution >= 0.6 is 11.6 Å². The van der Waals surface area contributed by atoms with Crippen LogP contribution in [0.5, 0.6) is 0 Å². The maximum Gasteiger partial charge on any atom is 0.238 e. The van der Waals surface area contributed by atoms with Gasteiger partial charge in [-0.25, -0.2) is 23.5 Å². The first-order valence-electron chi connectivity index (χ1n) is 8.33. The van der Waals surface area contributed by atoms with Crippen LogP contribution in [0.2, 0.25) is 5.02 Å². The Bertz CT molecular complexity index is 1260. The lowest BCUT2D eigenvalue weighted by Crippen LogP contribution is -2.11. The van der Waals surface area contributed by atoms with Crippen LogP contribution in [0.1, 0.15) is 0 Å². The second-order valence-corrected chi connectivity index (χ2v) is 8.12. The summed E-state index contributed by atoms with van der Waals surface area (Å²) in [5.41, 5.74) is 3.06. The summed E-state index contributed by atoms with van der Waals surface area (Å²) in [5, 5.41) is 9.69. The Hall–Kier alpha value is -3.00. The van der Waals surface area contributed by atoms with Gasteiger partial charge in [0.15, 0.2) is 0 Å². The molecule has 0 aliphatic rings. The van der Waals surface area contributed by atoms with Gasteiger partial charge in [0.2, 0.25) is 16.0 Å². The molecule has 6 nitrogen and oxygen atoms in total. The third-order valence-corrected chi connectivity index (χ3v) is 5.31. The van der Waals surface area contributed by atoms with Crippen molar-refractivity contribution in [3.63, 3.8) is 0 Å². The van der Waals surface area contributed by atoms with Gasteiger partial charge < -0.3 is 5.32 Å². The van der Waals surface area contributed by atoms with E-state index in [2.05, 4.69) is 15.3 Å². The Morgan fingerprint density at radius 1 is 0.893 bits per heavy atom. The van der Waals surface area contributed by atoms with Crippen LogP contribution in [0.4, 0.5) is 11.6 Å². The molecule has 4 rings (SSSR count). The third-order valence-electron chi connectivity index (χ3n) is 4.14. The van der Waals surface area contributed by atoms with Crippen molar-refractivity contribution in [3.8, 4) is 11.3 Å². The number of benzene rings is 3. The molecule has 0 saturated carbocycles. The molecule has 3 N–H and O–H groups in total. The third kappa shape index (κ3) is 3.82. The highest BCUT2D eigenvalue weighted by Gasteiger charge is 2.12. The molecule has 4 aromatic rings. The second-order valence-electron chi connectivity index (χ2n) is 6.12. The van der Waals surface area contributed by atoms with Crippen LogP contribution in [-0.4, -0.2) is 18.4 Å². The number of halogens is 1. The van der Waals surface area contributed by atoms with Gasteiger partial charge in [-0.3, -0.25) is 0 Å². The van der Waals surface area contributed by atoms with Crippen molar-refractivity contribution in [1.82, 2.24) is 9.97 Å². The number of nitrogens with one attached hydrogen (secondary N) is 1. The van der Waals surface area contributed by atoms with Gasteiger partial charge in [-0.2, -0.15) is 0 Å². The molecule has 0 saturated heterocycles. The van der Waals surface area contributed by atoms with Crippen LogP contribution < -0.4 is 10.5 Å². The zero-order chi connectivity index (χ0) is 19.7. The Kier molecular flexibility index (Phi) is 4.72. The predicted molar refractivity (Wildman–Crippen MR) is 111 cm³/mol. The van der Waals surface area contributed by atoms with E-state index in [0.717, 1.165) is 22.2 Å². The average Bonchev–Trinajstić information content (AvgIpc) is 2.68. The summed E-state index contributed by atoms with van der Waals surface area (Å²) < 4.78 is 22.8. The molecule has 0 bridgehead atoms. The van der Waals surface area contributed by atoms with Crippen LogP contribution in [0.15, 0.2) is 77.7 Å². The molecule has 0 atom stereocenters. The van der Waals surface area contributed by atoms with Gasteiger partial charge in [0.1, 0.15) is 0 Å². The number of hydrogen-bond acceptors (Lipinski definition) is 5. The lowest BCUT2D eigenvalue weighted by Gasteiger charge is -2.11.